The highest BCUT2D eigenvalue weighted by atomic mass is 32.1. The summed E-state index contributed by atoms with van der Waals surface area (Å²) in [6.07, 6.45) is 2.72. The minimum Gasteiger partial charge on any atom is -0.481 e. The first-order chi connectivity index (χ1) is 10.1. The van der Waals surface area contributed by atoms with Gasteiger partial charge < -0.3 is 10.4 Å². The fourth-order valence-electron chi connectivity index (χ4n) is 2.41. The van der Waals surface area contributed by atoms with Crippen molar-refractivity contribution in [2.45, 2.75) is 45.7 Å². The van der Waals surface area contributed by atoms with Gasteiger partial charge >= 0.3 is 5.97 Å². The summed E-state index contributed by atoms with van der Waals surface area (Å²) in [5, 5.41) is 16.0. The number of hydrogen-bond donors (Lipinski definition) is 2. The number of carboxylic acids is 1. The maximum Gasteiger partial charge on any atom is 0.306 e. The van der Waals surface area contributed by atoms with E-state index >= 15 is 0 Å². The van der Waals surface area contributed by atoms with Crippen LogP contribution in [0, 0.1) is 5.92 Å². The van der Waals surface area contributed by atoms with E-state index in [0.29, 0.717) is 6.04 Å². The molecule has 2 N–H and O–H groups in total. The van der Waals surface area contributed by atoms with Gasteiger partial charge in [0.05, 0.1) is 5.92 Å². The van der Waals surface area contributed by atoms with Crippen LogP contribution in [0.3, 0.4) is 0 Å². The number of rotatable bonds is 8. The van der Waals surface area contributed by atoms with Gasteiger partial charge in [0, 0.05) is 17.3 Å². The number of hydrogen-bond acceptors (Lipinski definition) is 3. The van der Waals surface area contributed by atoms with E-state index in [2.05, 4.69) is 41.9 Å². The molecule has 2 aromatic rings. The van der Waals surface area contributed by atoms with Crippen LogP contribution in [0.15, 0.2) is 29.6 Å². The average Bonchev–Trinajstić information content (AvgIpc) is 2.88. The molecule has 1 heterocycles. The van der Waals surface area contributed by atoms with Gasteiger partial charge in [0.25, 0.3) is 0 Å². The summed E-state index contributed by atoms with van der Waals surface area (Å²) < 4.78 is 1.33. The molecule has 2 unspecified atom stereocenters. The van der Waals surface area contributed by atoms with Gasteiger partial charge in [0.1, 0.15) is 0 Å². The lowest BCUT2D eigenvalue weighted by atomic mass is 10.0. The summed E-state index contributed by atoms with van der Waals surface area (Å²) in [7, 11) is 0. The Labute approximate surface area is 130 Å². The highest BCUT2D eigenvalue weighted by Gasteiger charge is 2.11. The van der Waals surface area contributed by atoms with Crippen molar-refractivity contribution in [2.75, 3.05) is 0 Å². The van der Waals surface area contributed by atoms with Crippen LogP contribution in [0.5, 0.6) is 0 Å². The van der Waals surface area contributed by atoms with Gasteiger partial charge in [-0.3, -0.25) is 4.79 Å². The molecule has 0 aliphatic rings. The second-order valence-electron chi connectivity index (χ2n) is 5.71. The Morgan fingerprint density at radius 1 is 1.29 bits per heavy atom. The maximum absolute atomic E-state index is 10.8. The Hall–Kier alpha value is -1.39. The molecule has 21 heavy (non-hydrogen) atoms. The molecule has 2 atom stereocenters. The first-order valence-electron chi connectivity index (χ1n) is 7.49. The molecule has 3 nitrogen and oxygen atoms in total. The minimum absolute atomic E-state index is 0.238. The van der Waals surface area contributed by atoms with E-state index in [9.17, 15) is 4.79 Å². The van der Waals surface area contributed by atoms with Crippen LogP contribution in [0.25, 0.3) is 10.1 Å². The monoisotopic (exact) mass is 305 g/mol. The highest BCUT2D eigenvalue weighted by molar-refractivity contribution is 7.17. The molecule has 0 saturated carbocycles. The SMILES string of the molecule is CC(CCCC(C)C(=O)O)NCc1csc2ccccc12. The summed E-state index contributed by atoms with van der Waals surface area (Å²) in [5.74, 6) is -0.932. The molecule has 114 valence electrons. The van der Waals surface area contributed by atoms with Crippen molar-refractivity contribution in [3.8, 4) is 0 Å². The summed E-state index contributed by atoms with van der Waals surface area (Å²) in [5.41, 5.74) is 1.35. The molecule has 0 radical (unpaired) electrons. The standard InChI is InChI=1S/C17H23NO2S/c1-12(17(19)20)6-5-7-13(2)18-10-14-11-21-16-9-4-3-8-15(14)16/h3-4,8-9,11-13,18H,5-7,10H2,1-2H3,(H,19,20). The van der Waals surface area contributed by atoms with E-state index in [1.807, 2.05) is 0 Å². The van der Waals surface area contributed by atoms with Gasteiger partial charge in [0.2, 0.25) is 0 Å². The van der Waals surface area contributed by atoms with Crippen LogP contribution in [0.2, 0.25) is 0 Å². The van der Waals surface area contributed by atoms with Crippen molar-refractivity contribution >= 4 is 27.4 Å². The first kappa shape index (κ1) is 16.0. The molecule has 0 aliphatic carbocycles. The van der Waals surface area contributed by atoms with Crippen LogP contribution in [0.4, 0.5) is 0 Å². The Morgan fingerprint density at radius 2 is 2.05 bits per heavy atom. The quantitative estimate of drug-likeness (QED) is 0.765. The van der Waals surface area contributed by atoms with Crippen LogP contribution in [-0.2, 0) is 11.3 Å². The number of fused-ring (bicyclic) bond motifs is 1. The van der Waals surface area contributed by atoms with E-state index < -0.39 is 5.97 Å². The Kier molecular flexibility index (Phi) is 5.76. The Morgan fingerprint density at radius 3 is 2.81 bits per heavy atom. The average molecular weight is 305 g/mol. The maximum atomic E-state index is 10.8. The predicted octanol–water partition coefficient (Wildman–Crippen LogP) is 4.27. The number of carboxylic acid groups (broad SMARTS) is 1. The Bertz CT molecular complexity index is 593. The molecular weight excluding hydrogens is 282 g/mol. The molecule has 0 bridgehead atoms. The van der Waals surface area contributed by atoms with Crippen LogP contribution >= 0.6 is 11.3 Å². The van der Waals surface area contributed by atoms with Crippen LogP contribution in [0.1, 0.15) is 38.7 Å². The second kappa shape index (κ2) is 7.57. The molecule has 0 saturated heterocycles. The smallest absolute Gasteiger partial charge is 0.306 e. The minimum atomic E-state index is -0.694. The number of nitrogens with one attached hydrogen (secondary N) is 1. The van der Waals surface area contributed by atoms with Gasteiger partial charge in [-0.05, 0) is 42.2 Å². The lowest BCUT2D eigenvalue weighted by Gasteiger charge is -2.14. The summed E-state index contributed by atoms with van der Waals surface area (Å²) in [4.78, 5) is 10.8. The van der Waals surface area contributed by atoms with E-state index in [4.69, 9.17) is 5.11 Å². The molecule has 2 rings (SSSR count). The van der Waals surface area contributed by atoms with Gasteiger partial charge in [-0.15, -0.1) is 11.3 Å². The normalized spacial score (nSPS) is 14.2. The zero-order valence-corrected chi connectivity index (χ0v) is 13.5. The van der Waals surface area contributed by atoms with Gasteiger partial charge in [-0.2, -0.15) is 0 Å². The predicted molar refractivity (Wildman–Crippen MR) is 88.8 cm³/mol. The summed E-state index contributed by atoms with van der Waals surface area (Å²) in [6.45, 7) is 4.82. The van der Waals surface area contributed by atoms with Crippen LogP contribution in [-0.4, -0.2) is 17.1 Å². The second-order valence-corrected chi connectivity index (χ2v) is 6.62. The third-order valence-electron chi connectivity index (χ3n) is 3.90. The third kappa shape index (κ3) is 4.55. The number of aliphatic carboxylic acids is 1. The fraction of sp³-hybridized carbons (Fsp3) is 0.471. The van der Waals surface area contributed by atoms with Crippen molar-refractivity contribution in [2.24, 2.45) is 5.92 Å². The lowest BCUT2D eigenvalue weighted by Crippen LogP contribution is -2.25. The molecule has 0 fully saturated rings. The molecule has 4 heteroatoms. The van der Waals surface area contributed by atoms with Crippen LogP contribution < -0.4 is 5.32 Å². The summed E-state index contributed by atoms with van der Waals surface area (Å²) >= 11 is 1.79. The van der Waals surface area contributed by atoms with E-state index in [-0.39, 0.29) is 5.92 Å². The van der Waals surface area contributed by atoms with Crippen molar-refractivity contribution in [3.05, 3.63) is 35.2 Å². The molecule has 1 aromatic carbocycles. The van der Waals surface area contributed by atoms with E-state index in [1.165, 1.54) is 15.6 Å². The molecule has 1 aromatic heterocycles. The fourth-order valence-corrected chi connectivity index (χ4v) is 3.37. The molecular formula is C17H23NO2S. The first-order valence-corrected chi connectivity index (χ1v) is 8.37. The zero-order chi connectivity index (χ0) is 15.2. The highest BCUT2D eigenvalue weighted by Crippen LogP contribution is 2.25. The van der Waals surface area contributed by atoms with Crippen molar-refractivity contribution in [1.82, 2.24) is 5.32 Å². The number of carbonyl (C=O) groups is 1. The summed E-state index contributed by atoms with van der Waals surface area (Å²) in [6, 6.07) is 8.88. The van der Waals surface area contributed by atoms with Crippen molar-refractivity contribution in [1.29, 1.82) is 0 Å². The molecule has 0 spiro atoms. The third-order valence-corrected chi connectivity index (χ3v) is 4.91. The van der Waals surface area contributed by atoms with Crippen molar-refractivity contribution in [3.63, 3.8) is 0 Å². The zero-order valence-electron chi connectivity index (χ0n) is 12.6. The lowest BCUT2D eigenvalue weighted by molar-refractivity contribution is -0.141. The van der Waals surface area contributed by atoms with Gasteiger partial charge in [-0.1, -0.05) is 31.5 Å². The van der Waals surface area contributed by atoms with E-state index in [0.717, 1.165) is 25.8 Å². The van der Waals surface area contributed by atoms with Crippen molar-refractivity contribution < 1.29 is 9.90 Å². The molecule has 0 aliphatic heterocycles. The topological polar surface area (TPSA) is 49.3 Å². The van der Waals surface area contributed by atoms with Gasteiger partial charge in [-0.25, -0.2) is 0 Å². The largest absolute Gasteiger partial charge is 0.481 e. The number of benzene rings is 1. The molecule has 0 amide bonds. The number of thiophene rings is 1. The Balaban J connectivity index is 1.76. The van der Waals surface area contributed by atoms with E-state index in [1.54, 1.807) is 18.3 Å². The van der Waals surface area contributed by atoms with Gasteiger partial charge in [0.15, 0.2) is 0 Å².